The molecule has 2 N–H and O–H groups in total. The Morgan fingerprint density at radius 2 is 1.90 bits per heavy atom. The monoisotopic (exact) mass is 297 g/mol. The van der Waals surface area contributed by atoms with Gasteiger partial charge >= 0.3 is 5.97 Å². The van der Waals surface area contributed by atoms with Gasteiger partial charge in [-0.1, -0.05) is 23.7 Å². The molecule has 0 spiro atoms. The summed E-state index contributed by atoms with van der Waals surface area (Å²) in [6.07, 6.45) is -0.777. The predicted octanol–water partition coefficient (Wildman–Crippen LogP) is 2.15. The number of carbonyl (C=O) groups is 2. The molecule has 2 rings (SSSR count). The third kappa shape index (κ3) is 3.49. The standard InChI is InChI=1S/C14H16ClNO4/c1-8(9-2-4-10(15)5-3-9)16-13(17)11-6-7-12(20-11)14(18)19/h2-5,8,11-12H,6-7H2,1H3,(H,16,17)(H,18,19). The van der Waals surface area contributed by atoms with Gasteiger partial charge < -0.3 is 15.2 Å². The van der Waals surface area contributed by atoms with Gasteiger partial charge in [-0.3, -0.25) is 4.79 Å². The van der Waals surface area contributed by atoms with Gasteiger partial charge in [-0.15, -0.1) is 0 Å². The van der Waals surface area contributed by atoms with Gasteiger partial charge in [0.25, 0.3) is 0 Å². The summed E-state index contributed by atoms with van der Waals surface area (Å²) in [4.78, 5) is 22.8. The van der Waals surface area contributed by atoms with Crippen LogP contribution in [-0.2, 0) is 14.3 Å². The number of carboxylic acids is 1. The number of ether oxygens (including phenoxy) is 1. The van der Waals surface area contributed by atoms with E-state index in [-0.39, 0.29) is 11.9 Å². The Labute approximate surface area is 121 Å². The van der Waals surface area contributed by atoms with E-state index in [9.17, 15) is 9.59 Å². The maximum absolute atomic E-state index is 12.0. The summed E-state index contributed by atoms with van der Waals surface area (Å²) in [6, 6.07) is 7.00. The molecule has 3 atom stereocenters. The van der Waals surface area contributed by atoms with Gasteiger partial charge in [0.1, 0.15) is 6.10 Å². The zero-order valence-corrected chi connectivity index (χ0v) is 11.8. The first-order valence-electron chi connectivity index (χ1n) is 6.41. The van der Waals surface area contributed by atoms with E-state index >= 15 is 0 Å². The molecule has 6 heteroatoms. The number of halogens is 1. The molecule has 0 aliphatic carbocycles. The van der Waals surface area contributed by atoms with Gasteiger partial charge in [-0.05, 0) is 37.5 Å². The highest BCUT2D eigenvalue weighted by atomic mass is 35.5. The van der Waals surface area contributed by atoms with Crippen LogP contribution >= 0.6 is 11.6 Å². The molecule has 1 aromatic carbocycles. The van der Waals surface area contributed by atoms with Crippen LogP contribution in [0.25, 0.3) is 0 Å². The topological polar surface area (TPSA) is 75.6 Å². The third-order valence-corrected chi connectivity index (χ3v) is 3.57. The van der Waals surface area contributed by atoms with Gasteiger partial charge in [0.2, 0.25) is 5.91 Å². The van der Waals surface area contributed by atoms with E-state index in [0.717, 1.165) is 5.56 Å². The first-order chi connectivity index (χ1) is 9.47. The van der Waals surface area contributed by atoms with Crippen molar-refractivity contribution in [2.45, 2.75) is 38.0 Å². The molecule has 20 heavy (non-hydrogen) atoms. The van der Waals surface area contributed by atoms with Crippen molar-refractivity contribution in [1.29, 1.82) is 0 Å². The Bertz CT molecular complexity index is 502. The van der Waals surface area contributed by atoms with Crippen molar-refractivity contribution in [1.82, 2.24) is 5.32 Å². The van der Waals surface area contributed by atoms with E-state index in [1.807, 2.05) is 19.1 Å². The van der Waals surface area contributed by atoms with Crippen LogP contribution in [0.5, 0.6) is 0 Å². The van der Waals surface area contributed by atoms with Gasteiger partial charge in [0, 0.05) is 5.02 Å². The van der Waals surface area contributed by atoms with E-state index in [1.54, 1.807) is 12.1 Å². The summed E-state index contributed by atoms with van der Waals surface area (Å²) >= 11 is 5.81. The second-order valence-corrected chi connectivity index (χ2v) is 5.25. The largest absolute Gasteiger partial charge is 0.479 e. The van der Waals surface area contributed by atoms with Crippen molar-refractivity contribution in [2.24, 2.45) is 0 Å². The lowest BCUT2D eigenvalue weighted by Crippen LogP contribution is -2.37. The number of hydrogen-bond donors (Lipinski definition) is 2. The molecule has 1 aliphatic rings. The highest BCUT2D eigenvalue weighted by Gasteiger charge is 2.35. The van der Waals surface area contributed by atoms with Crippen molar-refractivity contribution < 1.29 is 19.4 Å². The van der Waals surface area contributed by atoms with Crippen LogP contribution in [0.1, 0.15) is 31.4 Å². The second-order valence-electron chi connectivity index (χ2n) is 4.81. The lowest BCUT2D eigenvalue weighted by molar-refractivity contribution is -0.151. The average molecular weight is 298 g/mol. The summed E-state index contributed by atoms with van der Waals surface area (Å²) < 4.78 is 5.21. The van der Waals surface area contributed by atoms with Crippen LogP contribution in [0.3, 0.4) is 0 Å². The fraction of sp³-hybridized carbons (Fsp3) is 0.429. The third-order valence-electron chi connectivity index (χ3n) is 3.32. The Balaban J connectivity index is 1.91. The predicted molar refractivity (Wildman–Crippen MR) is 73.5 cm³/mol. The van der Waals surface area contributed by atoms with Crippen molar-refractivity contribution in [3.05, 3.63) is 34.9 Å². The van der Waals surface area contributed by atoms with Crippen molar-refractivity contribution in [3.63, 3.8) is 0 Å². The summed E-state index contributed by atoms with van der Waals surface area (Å²) in [6.45, 7) is 1.85. The number of aliphatic carboxylic acids is 1. The smallest absolute Gasteiger partial charge is 0.332 e. The Kier molecular flexibility index (Phi) is 4.62. The van der Waals surface area contributed by atoms with E-state index in [2.05, 4.69) is 5.32 Å². The number of amides is 1. The van der Waals surface area contributed by atoms with Crippen LogP contribution < -0.4 is 5.32 Å². The minimum absolute atomic E-state index is 0.188. The molecule has 1 saturated heterocycles. The summed E-state index contributed by atoms with van der Waals surface area (Å²) in [7, 11) is 0. The van der Waals surface area contributed by atoms with Crippen LogP contribution in [0.4, 0.5) is 0 Å². The molecule has 1 aromatic rings. The Hall–Kier alpha value is -1.59. The highest BCUT2D eigenvalue weighted by Crippen LogP contribution is 2.22. The summed E-state index contributed by atoms with van der Waals surface area (Å²) in [5, 5.41) is 12.3. The van der Waals surface area contributed by atoms with Crippen LogP contribution in [-0.4, -0.2) is 29.2 Å². The Morgan fingerprint density at radius 3 is 2.45 bits per heavy atom. The van der Waals surface area contributed by atoms with Crippen LogP contribution in [0.2, 0.25) is 5.02 Å². The van der Waals surface area contributed by atoms with Gasteiger partial charge in [0.05, 0.1) is 6.04 Å². The SMILES string of the molecule is CC(NC(=O)C1CCC(C(=O)O)O1)c1ccc(Cl)cc1. The zero-order valence-electron chi connectivity index (χ0n) is 11.0. The number of rotatable bonds is 4. The maximum Gasteiger partial charge on any atom is 0.332 e. The molecule has 0 bridgehead atoms. The first-order valence-corrected chi connectivity index (χ1v) is 6.79. The summed E-state index contributed by atoms with van der Waals surface area (Å²) in [5.74, 6) is -1.30. The molecule has 1 fully saturated rings. The zero-order chi connectivity index (χ0) is 14.7. The van der Waals surface area contributed by atoms with Crippen molar-refractivity contribution in [3.8, 4) is 0 Å². The van der Waals surface area contributed by atoms with E-state index in [1.165, 1.54) is 0 Å². The molecule has 0 radical (unpaired) electrons. The molecule has 5 nitrogen and oxygen atoms in total. The number of hydrogen-bond acceptors (Lipinski definition) is 3. The summed E-state index contributed by atoms with van der Waals surface area (Å²) in [5.41, 5.74) is 0.926. The number of nitrogens with one attached hydrogen (secondary N) is 1. The number of carbonyl (C=O) groups excluding carboxylic acids is 1. The molecule has 1 aliphatic heterocycles. The fourth-order valence-corrected chi connectivity index (χ4v) is 2.28. The lowest BCUT2D eigenvalue weighted by Gasteiger charge is -2.17. The van der Waals surface area contributed by atoms with Gasteiger partial charge in [-0.2, -0.15) is 0 Å². The first kappa shape index (κ1) is 14.8. The van der Waals surface area contributed by atoms with E-state index in [0.29, 0.717) is 17.9 Å². The maximum atomic E-state index is 12.0. The van der Waals surface area contributed by atoms with Crippen LogP contribution in [0, 0.1) is 0 Å². The molecule has 0 aromatic heterocycles. The average Bonchev–Trinajstić information content (AvgIpc) is 2.89. The normalized spacial score (nSPS) is 23.3. The van der Waals surface area contributed by atoms with Crippen molar-refractivity contribution in [2.75, 3.05) is 0 Å². The molecule has 108 valence electrons. The highest BCUT2D eigenvalue weighted by molar-refractivity contribution is 6.30. The lowest BCUT2D eigenvalue weighted by atomic mass is 10.1. The van der Waals surface area contributed by atoms with Gasteiger partial charge in [-0.25, -0.2) is 4.79 Å². The molecule has 1 amide bonds. The molecular weight excluding hydrogens is 282 g/mol. The molecule has 0 saturated carbocycles. The number of carboxylic acid groups (broad SMARTS) is 1. The van der Waals surface area contributed by atoms with E-state index in [4.69, 9.17) is 21.4 Å². The fourth-order valence-electron chi connectivity index (χ4n) is 2.15. The number of benzene rings is 1. The molecular formula is C14H16ClNO4. The van der Waals surface area contributed by atoms with Gasteiger partial charge in [0.15, 0.2) is 6.10 Å². The minimum atomic E-state index is -1.02. The molecule has 1 heterocycles. The second kappa shape index (κ2) is 6.24. The Morgan fingerprint density at radius 1 is 1.30 bits per heavy atom. The van der Waals surface area contributed by atoms with E-state index < -0.39 is 18.2 Å². The quantitative estimate of drug-likeness (QED) is 0.893. The van der Waals surface area contributed by atoms with Crippen LogP contribution in [0.15, 0.2) is 24.3 Å². The molecule has 3 unspecified atom stereocenters. The van der Waals surface area contributed by atoms with Crippen molar-refractivity contribution >= 4 is 23.5 Å². The minimum Gasteiger partial charge on any atom is -0.479 e.